The van der Waals surface area contributed by atoms with Gasteiger partial charge in [0.05, 0.1) is 25.1 Å². The van der Waals surface area contributed by atoms with E-state index in [1.165, 1.54) is 17.0 Å². The minimum Gasteiger partial charge on any atom is -0.466 e. The molecule has 1 heterocycles. The summed E-state index contributed by atoms with van der Waals surface area (Å²) in [7, 11) is 0. The highest BCUT2D eigenvalue weighted by atomic mass is 32.2. The first-order valence-corrected chi connectivity index (χ1v) is 12.2. The molecule has 35 heavy (non-hydrogen) atoms. The molecule has 1 amide bonds. The summed E-state index contributed by atoms with van der Waals surface area (Å²) < 4.78 is 43.7. The third-order valence-electron chi connectivity index (χ3n) is 5.72. The Balaban J connectivity index is 1.41. The Bertz CT molecular complexity index is 1230. The van der Waals surface area contributed by atoms with Gasteiger partial charge in [-0.3, -0.25) is 9.59 Å². The maximum absolute atomic E-state index is 13.0. The van der Waals surface area contributed by atoms with Crippen LogP contribution in [0.1, 0.15) is 39.5 Å². The summed E-state index contributed by atoms with van der Waals surface area (Å²) in [6, 6.07) is 18.1. The first-order valence-electron chi connectivity index (χ1n) is 11.2. The zero-order valence-electron chi connectivity index (χ0n) is 19.1. The van der Waals surface area contributed by atoms with E-state index in [1.54, 1.807) is 24.8 Å². The first kappa shape index (κ1) is 24.9. The van der Waals surface area contributed by atoms with Gasteiger partial charge in [-0.15, -0.1) is 11.8 Å². The Morgan fingerprint density at radius 2 is 1.74 bits per heavy atom. The number of aryl methyl sites for hydroxylation is 1. The van der Waals surface area contributed by atoms with E-state index in [1.807, 2.05) is 36.4 Å². The van der Waals surface area contributed by atoms with Crippen LogP contribution < -0.4 is 4.90 Å². The van der Waals surface area contributed by atoms with Crippen molar-refractivity contribution in [1.29, 1.82) is 0 Å². The van der Waals surface area contributed by atoms with Crippen LogP contribution in [0.3, 0.4) is 0 Å². The number of halogens is 3. The SMILES string of the molecule is CCOC(=O)Cc1cccc(CCSc2cccc3c2CN(c2ccc(C(F)(F)F)cc2)C3=O)c1. The summed E-state index contributed by atoms with van der Waals surface area (Å²) in [5.74, 6) is 0.309. The fraction of sp³-hybridized carbons (Fsp3) is 0.259. The number of carbonyl (C=O) groups is 2. The number of esters is 1. The summed E-state index contributed by atoms with van der Waals surface area (Å²) in [4.78, 5) is 27.2. The summed E-state index contributed by atoms with van der Waals surface area (Å²) in [6.07, 6.45) is -3.40. The van der Waals surface area contributed by atoms with Crippen LogP contribution in [0, 0.1) is 0 Å². The molecule has 0 spiro atoms. The number of thioether (sulfide) groups is 1. The summed E-state index contributed by atoms with van der Waals surface area (Å²) in [5, 5.41) is 0. The van der Waals surface area contributed by atoms with Gasteiger partial charge >= 0.3 is 12.1 Å². The molecule has 0 saturated heterocycles. The molecule has 0 N–H and O–H groups in total. The Labute approximate surface area is 206 Å². The van der Waals surface area contributed by atoms with Crippen LogP contribution in [0.15, 0.2) is 71.6 Å². The fourth-order valence-corrected chi connectivity index (χ4v) is 5.11. The maximum atomic E-state index is 13.0. The van der Waals surface area contributed by atoms with Crippen molar-refractivity contribution in [2.75, 3.05) is 17.3 Å². The topological polar surface area (TPSA) is 46.6 Å². The zero-order valence-corrected chi connectivity index (χ0v) is 19.9. The summed E-state index contributed by atoms with van der Waals surface area (Å²) in [5.41, 5.74) is 3.17. The van der Waals surface area contributed by atoms with E-state index in [-0.39, 0.29) is 18.3 Å². The van der Waals surface area contributed by atoms with Crippen molar-refractivity contribution in [2.24, 2.45) is 0 Å². The van der Waals surface area contributed by atoms with E-state index in [0.717, 1.165) is 45.9 Å². The highest BCUT2D eigenvalue weighted by Crippen LogP contribution is 2.36. The molecular formula is C27H24F3NO3S. The second-order valence-corrected chi connectivity index (χ2v) is 9.26. The number of alkyl halides is 3. The molecule has 0 atom stereocenters. The number of anilines is 1. The molecule has 8 heteroatoms. The van der Waals surface area contributed by atoms with Gasteiger partial charge in [-0.05, 0) is 66.4 Å². The van der Waals surface area contributed by atoms with Crippen molar-refractivity contribution >= 4 is 29.3 Å². The van der Waals surface area contributed by atoms with Crippen LogP contribution >= 0.6 is 11.8 Å². The van der Waals surface area contributed by atoms with E-state index in [2.05, 4.69) is 0 Å². The molecule has 4 nitrogen and oxygen atoms in total. The summed E-state index contributed by atoms with van der Waals surface area (Å²) in [6.45, 7) is 2.45. The predicted octanol–water partition coefficient (Wildman–Crippen LogP) is 6.31. The molecule has 0 saturated carbocycles. The molecule has 3 aromatic carbocycles. The van der Waals surface area contributed by atoms with Gasteiger partial charge < -0.3 is 9.64 Å². The van der Waals surface area contributed by atoms with E-state index in [0.29, 0.717) is 24.4 Å². The Hall–Kier alpha value is -3.26. The van der Waals surface area contributed by atoms with Gasteiger partial charge in [0.1, 0.15) is 0 Å². The number of benzene rings is 3. The molecule has 0 bridgehead atoms. The molecule has 0 aliphatic carbocycles. The van der Waals surface area contributed by atoms with Crippen molar-refractivity contribution in [2.45, 2.75) is 37.4 Å². The second-order valence-electron chi connectivity index (χ2n) is 8.12. The molecule has 0 aromatic heterocycles. The normalized spacial score (nSPS) is 13.1. The van der Waals surface area contributed by atoms with Gasteiger partial charge in [0.15, 0.2) is 0 Å². The third-order valence-corrected chi connectivity index (χ3v) is 6.83. The standard InChI is InChI=1S/C27H24F3NO3S/c1-2-34-25(32)16-19-6-3-5-18(15-19)13-14-35-24-8-4-7-22-23(24)17-31(26(22)33)21-11-9-20(10-12-21)27(28,29)30/h3-12,15H,2,13-14,16-17H2,1H3. The van der Waals surface area contributed by atoms with Crippen molar-refractivity contribution in [3.63, 3.8) is 0 Å². The largest absolute Gasteiger partial charge is 0.466 e. The van der Waals surface area contributed by atoms with Crippen molar-refractivity contribution in [3.05, 3.63) is 94.5 Å². The molecule has 0 unspecified atom stereocenters. The Morgan fingerprint density at radius 3 is 2.46 bits per heavy atom. The molecule has 0 fully saturated rings. The number of hydrogen-bond acceptors (Lipinski definition) is 4. The first-order chi connectivity index (χ1) is 16.8. The quantitative estimate of drug-likeness (QED) is 0.269. The number of amides is 1. The van der Waals surface area contributed by atoms with E-state index in [4.69, 9.17) is 4.74 Å². The minimum atomic E-state index is -4.42. The maximum Gasteiger partial charge on any atom is 0.416 e. The predicted molar refractivity (Wildman–Crippen MR) is 130 cm³/mol. The van der Waals surface area contributed by atoms with Crippen LogP contribution in [0.4, 0.5) is 18.9 Å². The van der Waals surface area contributed by atoms with Gasteiger partial charge in [0.2, 0.25) is 0 Å². The molecule has 1 aliphatic heterocycles. The van der Waals surface area contributed by atoms with Gasteiger partial charge in [-0.2, -0.15) is 13.2 Å². The van der Waals surface area contributed by atoms with Crippen LogP contribution in [-0.4, -0.2) is 24.2 Å². The molecule has 3 aromatic rings. The van der Waals surface area contributed by atoms with Crippen LogP contribution in [0.2, 0.25) is 0 Å². The Morgan fingerprint density at radius 1 is 1.03 bits per heavy atom. The third kappa shape index (κ3) is 5.88. The molecule has 1 aliphatic rings. The average Bonchev–Trinajstić information content (AvgIpc) is 3.16. The van der Waals surface area contributed by atoms with E-state index in [9.17, 15) is 22.8 Å². The van der Waals surface area contributed by atoms with Crippen molar-refractivity contribution in [1.82, 2.24) is 0 Å². The fourth-order valence-electron chi connectivity index (χ4n) is 4.03. The lowest BCUT2D eigenvalue weighted by atomic mass is 10.1. The number of rotatable bonds is 8. The monoisotopic (exact) mass is 499 g/mol. The lowest BCUT2D eigenvalue weighted by Gasteiger charge is -2.17. The smallest absolute Gasteiger partial charge is 0.416 e. The number of fused-ring (bicyclic) bond motifs is 1. The number of ether oxygens (including phenoxy) is 1. The van der Waals surface area contributed by atoms with Crippen LogP contribution in [-0.2, 0) is 35.1 Å². The van der Waals surface area contributed by atoms with Crippen LogP contribution in [0.25, 0.3) is 0 Å². The van der Waals surface area contributed by atoms with Gasteiger partial charge in [-0.1, -0.05) is 30.3 Å². The second kappa shape index (κ2) is 10.6. The lowest BCUT2D eigenvalue weighted by molar-refractivity contribution is -0.142. The highest BCUT2D eigenvalue weighted by Gasteiger charge is 2.33. The molecular weight excluding hydrogens is 475 g/mol. The molecule has 0 radical (unpaired) electrons. The van der Waals surface area contributed by atoms with Gasteiger partial charge in [0, 0.05) is 21.9 Å². The molecule has 4 rings (SSSR count). The van der Waals surface area contributed by atoms with E-state index >= 15 is 0 Å². The number of hydrogen-bond donors (Lipinski definition) is 0. The van der Waals surface area contributed by atoms with Crippen molar-refractivity contribution in [3.8, 4) is 0 Å². The van der Waals surface area contributed by atoms with Crippen LogP contribution in [0.5, 0.6) is 0 Å². The van der Waals surface area contributed by atoms with Gasteiger partial charge in [-0.25, -0.2) is 0 Å². The molecule has 182 valence electrons. The lowest BCUT2D eigenvalue weighted by Crippen LogP contribution is -2.23. The highest BCUT2D eigenvalue weighted by molar-refractivity contribution is 7.99. The number of carbonyl (C=O) groups excluding carboxylic acids is 2. The summed E-state index contributed by atoms with van der Waals surface area (Å²) >= 11 is 1.63. The minimum absolute atomic E-state index is 0.214. The number of nitrogens with zero attached hydrogens (tertiary/aromatic N) is 1. The van der Waals surface area contributed by atoms with E-state index < -0.39 is 11.7 Å². The average molecular weight is 500 g/mol. The Kier molecular flexibility index (Phi) is 7.50. The zero-order chi connectivity index (χ0) is 25.0. The van der Waals surface area contributed by atoms with Gasteiger partial charge in [0.25, 0.3) is 5.91 Å². The van der Waals surface area contributed by atoms with Crippen molar-refractivity contribution < 1.29 is 27.5 Å².